The van der Waals surface area contributed by atoms with Crippen LogP contribution in [0.4, 0.5) is 4.79 Å². The van der Waals surface area contributed by atoms with Gasteiger partial charge in [-0.25, -0.2) is 4.79 Å². The number of ketones is 1. The topological polar surface area (TPSA) is 46.6 Å². The molecule has 0 aromatic heterocycles. The van der Waals surface area contributed by atoms with Gasteiger partial charge in [-0.05, 0) is 40.0 Å². The highest BCUT2D eigenvalue weighted by Crippen LogP contribution is 2.23. The summed E-state index contributed by atoms with van der Waals surface area (Å²) >= 11 is 0. The molecule has 1 amide bonds. The molecule has 0 unspecified atom stereocenters. The zero-order valence-corrected chi connectivity index (χ0v) is 13.9. The Morgan fingerprint density at radius 1 is 1.27 bits per heavy atom. The molecule has 1 saturated heterocycles. The van der Waals surface area contributed by atoms with Gasteiger partial charge in [-0.1, -0.05) is 29.7 Å². The van der Waals surface area contributed by atoms with Gasteiger partial charge in [0.2, 0.25) is 0 Å². The van der Waals surface area contributed by atoms with E-state index in [2.05, 4.69) is 0 Å². The highest BCUT2D eigenvalue weighted by atomic mass is 16.6. The molecule has 1 aromatic carbocycles. The van der Waals surface area contributed by atoms with Crippen molar-refractivity contribution in [2.75, 3.05) is 6.54 Å². The molecule has 22 heavy (non-hydrogen) atoms. The molecule has 0 aliphatic carbocycles. The minimum atomic E-state index is -0.550. The van der Waals surface area contributed by atoms with E-state index in [0.29, 0.717) is 18.5 Å². The van der Waals surface area contributed by atoms with Crippen molar-refractivity contribution in [3.63, 3.8) is 0 Å². The molecule has 0 spiro atoms. The molecule has 0 N–H and O–H groups in total. The maximum Gasteiger partial charge on any atom is 0.410 e. The fraction of sp³-hybridized carbons (Fsp3) is 0.529. The van der Waals surface area contributed by atoms with Gasteiger partial charge < -0.3 is 4.74 Å². The van der Waals surface area contributed by atoms with Crippen molar-refractivity contribution in [1.29, 1.82) is 0 Å². The van der Waals surface area contributed by atoms with Crippen molar-refractivity contribution in [1.82, 2.24) is 4.90 Å². The summed E-state index contributed by atoms with van der Waals surface area (Å²) in [5.41, 5.74) is 1.16. The van der Waals surface area contributed by atoms with Crippen LogP contribution in [0.2, 0.25) is 0 Å². The summed E-state index contributed by atoms with van der Waals surface area (Å²) in [6.45, 7) is 6.10. The molecule has 1 aliphatic heterocycles. The number of carbonyl (C=O) groups is 2. The van der Waals surface area contributed by atoms with Crippen LogP contribution in [0.25, 0.3) is 0 Å². The SMILES string of the molecule is Bc1cccc(C(=O)[C@@H]2CCCCN2C(=O)OC(C)(C)C)c1. The molecule has 2 rings (SSSR count). The summed E-state index contributed by atoms with van der Waals surface area (Å²) in [5, 5.41) is 0. The Balaban J connectivity index is 2.19. The molecule has 1 heterocycles. The van der Waals surface area contributed by atoms with Crippen molar-refractivity contribution in [3.8, 4) is 0 Å². The molecule has 118 valence electrons. The van der Waals surface area contributed by atoms with Crippen LogP contribution < -0.4 is 5.46 Å². The number of carbonyl (C=O) groups excluding carboxylic acids is 2. The third kappa shape index (κ3) is 4.12. The quantitative estimate of drug-likeness (QED) is 0.619. The van der Waals surface area contributed by atoms with Crippen LogP contribution in [0.1, 0.15) is 50.4 Å². The second-order valence-electron chi connectivity index (χ2n) is 6.92. The molecule has 0 radical (unpaired) electrons. The first kappa shape index (κ1) is 16.6. The summed E-state index contributed by atoms with van der Waals surface area (Å²) in [6, 6.07) is 7.12. The van der Waals surface area contributed by atoms with Crippen molar-refractivity contribution in [2.24, 2.45) is 0 Å². The fourth-order valence-corrected chi connectivity index (χ4v) is 2.73. The highest BCUT2D eigenvalue weighted by molar-refractivity contribution is 6.32. The molecule has 5 heteroatoms. The van der Waals surface area contributed by atoms with Gasteiger partial charge in [0.15, 0.2) is 5.78 Å². The summed E-state index contributed by atoms with van der Waals surface area (Å²) < 4.78 is 5.45. The Hall–Kier alpha value is -1.78. The number of likely N-dealkylation sites (tertiary alicyclic amines) is 1. The molecule has 1 aromatic rings. The van der Waals surface area contributed by atoms with Gasteiger partial charge >= 0.3 is 6.09 Å². The number of rotatable bonds is 2. The van der Waals surface area contributed by atoms with Crippen LogP contribution >= 0.6 is 0 Å². The van der Waals surface area contributed by atoms with Crippen LogP contribution in [0.3, 0.4) is 0 Å². The molecule has 0 bridgehead atoms. The average molecular weight is 301 g/mol. The largest absolute Gasteiger partial charge is 0.444 e. The van der Waals surface area contributed by atoms with Crippen LogP contribution in [-0.2, 0) is 4.74 Å². The Bertz CT molecular complexity index is 565. The van der Waals surface area contributed by atoms with Gasteiger partial charge in [0.1, 0.15) is 13.4 Å². The monoisotopic (exact) mass is 301 g/mol. The van der Waals surface area contributed by atoms with Gasteiger partial charge in [-0.15, -0.1) is 0 Å². The number of hydrogen-bond acceptors (Lipinski definition) is 3. The Morgan fingerprint density at radius 3 is 2.64 bits per heavy atom. The number of benzene rings is 1. The van der Waals surface area contributed by atoms with Crippen molar-refractivity contribution in [2.45, 2.75) is 51.7 Å². The van der Waals surface area contributed by atoms with Gasteiger partial charge in [0, 0.05) is 12.1 Å². The van der Waals surface area contributed by atoms with E-state index in [-0.39, 0.29) is 5.78 Å². The molecular formula is C17H24BNO3. The van der Waals surface area contributed by atoms with Crippen LogP contribution in [0, 0.1) is 0 Å². The van der Waals surface area contributed by atoms with E-state index in [0.717, 1.165) is 18.3 Å². The number of ether oxygens (including phenoxy) is 1. The van der Waals surface area contributed by atoms with Gasteiger partial charge in [0.05, 0.1) is 6.04 Å². The normalized spacial score (nSPS) is 18.9. The number of Topliss-reactive ketones (excluding diaryl/α,β-unsaturated/α-hetero) is 1. The maximum absolute atomic E-state index is 12.8. The lowest BCUT2D eigenvalue weighted by Crippen LogP contribution is -2.49. The van der Waals surface area contributed by atoms with E-state index in [1.165, 1.54) is 0 Å². The molecular weight excluding hydrogens is 277 g/mol. The van der Waals surface area contributed by atoms with Crippen molar-refractivity contribution < 1.29 is 14.3 Å². The summed E-state index contributed by atoms with van der Waals surface area (Å²) in [6.07, 6.45) is 2.18. The van der Waals surface area contributed by atoms with Crippen LogP contribution in [-0.4, -0.2) is 42.8 Å². The second-order valence-corrected chi connectivity index (χ2v) is 6.92. The van der Waals surface area contributed by atoms with Gasteiger partial charge in [-0.3, -0.25) is 9.69 Å². The Labute approximate surface area is 133 Å². The predicted octanol–water partition coefficient (Wildman–Crippen LogP) is 1.92. The summed E-state index contributed by atoms with van der Waals surface area (Å²) in [7, 11) is 1.96. The minimum absolute atomic E-state index is 0.00857. The van der Waals surface area contributed by atoms with Gasteiger partial charge in [0.25, 0.3) is 0 Å². The number of piperidine rings is 1. The number of hydrogen-bond donors (Lipinski definition) is 0. The average Bonchev–Trinajstić information content (AvgIpc) is 2.44. The van der Waals surface area contributed by atoms with Crippen LogP contribution in [0.15, 0.2) is 24.3 Å². The Morgan fingerprint density at radius 2 is 2.00 bits per heavy atom. The summed E-state index contributed by atoms with van der Waals surface area (Å²) in [4.78, 5) is 26.8. The standard InChI is InChI=1S/C17H24BNO3/c1-17(2,3)22-16(21)19-10-5-4-9-14(19)15(20)12-7-6-8-13(18)11-12/h6-8,11,14H,4-5,9-10,18H2,1-3H3/t14-/m0/s1. The minimum Gasteiger partial charge on any atom is -0.444 e. The zero-order valence-electron chi connectivity index (χ0n) is 13.9. The molecule has 1 atom stereocenters. The lowest BCUT2D eigenvalue weighted by molar-refractivity contribution is 0.0105. The van der Waals surface area contributed by atoms with Crippen molar-refractivity contribution in [3.05, 3.63) is 29.8 Å². The smallest absolute Gasteiger partial charge is 0.410 e. The first-order valence-corrected chi connectivity index (χ1v) is 7.88. The van der Waals surface area contributed by atoms with E-state index in [9.17, 15) is 9.59 Å². The third-order valence-electron chi connectivity index (χ3n) is 3.74. The Kier molecular flexibility index (Phi) is 4.94. The second kappa shape index (κ2) is 6.55. The number of amides is 1. The first-order valence-electron chi connectivity index (χ1n) is 7.88. The van der Waals surface area contributed by atoms with Gasteiger partial charge in [-0.2, -0.15) is 0 Å². The lowest BCUT2D eigenvalue weighted by Gasteiger charge is -2.35. The third-order valence-corrected chi connectivity index (χ3v) is 3.74. The fourth-order valence-electron chi connectivity index (χ4n) is 2.73. The maximum atomic E-state index is 12.8. The van der Waals surface area contributed by atoms with Crippen LogP contribution in [0.5, 0.6) is 0 Å². The van der Waals surface area contributed by atoms with E-state index in [4.69, 9.17) is 4.74 Å². The molecule has 1 fully saturated rings. The molecule has 4 nitrogen and oxygen atoms in total. The zero-order chi connectivity index (χ0) is 16.3. The lowest BCUT2D eigenvalue weighted by atomic mass is 9.90. The molecule has 0 saturated carbocycles. The highest BCUT2D eigenvalue weighted by Gasteiger charge is 2.35. The van der Waals surface area contributed by atoms with E-state index in [1.54, 1.807) is 4.90 Å². The van der Waals surface area contributed by atoms with E-state index < -0.39 is 17.7 Å². The predicted molar refractivity (Wildman–Crippen MR) is 89.5 cm³/mol. The molecule has 1 aliphatic rings. The first-order chi connectivity index (χ1) is 10.3. The van der Waals surface area contributed by atoms with E-state index in [1.807, 2.05) is 52.9 Å². The van der Waals surface area contributed by atoms with Crippen molar-refractivity contribution >= 4 is 25.2 Å². The van der Waals surface area contributed by atoms with E-state index >= 15 is 0 Å². The summed E-state index contributed by atoms with van der Waals surface area (Å²) in [5.74, 6) is 0.00857. The number of nitrogens with zero attached hydrogens (tertiary/aromatic N) is 1.